The second kappa shape index (κ2) is 5.67. The van der Waals surface area contributed by atoms with Crippen molar-refractivity contribution in [1.29, 1.82) is 0 Å². The van der Waals surface area contributed by atoms with E-state index in [0.717, 1.165) is 10.0 Å². The Hall–Kier alpha value is -1.13. The molecule has 1 N–H and O–H groups in total. The van der Waals surface area contributed by atoms with Crippen LogP contribution in [0.2, 0.25) is 5.02 Å². The van der Waals surface area contributed by atoms with Crippen molar-refractivity contribution in [2.45, 2.75) is 13.0 Å². The van der Waals surface area contributed by atoms with Gasteiger partial charge in [-0.3, -0.25) is 0 Å². The van der Waals surface area contributed by atoms with Crippen LogP contribution < -0.4 is 5.32 Å². The Morgan fingerprint density at radius 3 is 2.83 bits per heavy atom. The molecule has 0 spiro atoms. The van der Waals surface area contributed by atoms with E-state index in [2.05, 4.69) is 26.2 Å². The molecule has 0 aliphatic carbocycles. The molecule has 0 saturated heterocycles. The molecule has 0 saturated carbocycles. The Labute approximate surface area is 118 Å². The van der Waals surface area contributed by atoms with E-state index in [0.29, 0.717) is 10.8 Å². The van der Waals surface area contributed by atoms with Gasteiger partial charge < -0.3 is 5.32 Å². The maximum absolute atomic E-state index is 13.1. The lowest BCUT2D eigenvalue weighted by Crippen LogP contribution is -2.08. The molecule has 0 bridgehead atoms. The van der Waals surface area contributed by atoms with Gasteiger partial charge in [0.05, 0.1) is 11.1 Å². The monoisotopic (exact) mass is 328 g/mol. The molecule has 0 aliphatic heterocycles. The number of hydrogen-bond donors (Lipinski definition) is 1. The minimum absolute atomic E-state index is 0.0770. The smallest absolute Gasteiger partial charge is 0.145 e. The fraction of sp³-hybridized carbons (Fsp3) is 0.154. The first kappa shape index (κ1) is 13.3. The highest BCUT2D eigenvalue weighted by Gasteiger charge is 2.09. The molecule has 2 aromatic rings. The maximum atomic E-state index is 13.1. The Bertz CT molecular complexity index is 562. The number of benzene rings is 1. The lowest BCUT2D eigenvalue weighted by atomic mass is 10.1. The van der Waals surface area contributed by atoms with Crippen LogP contribution in [0.3, 0.4) is 0 Å². The maximum Gasteiger partial charge on any atom is 0.145 e. The summed E-state index contributed by atoms with van der Waals surface area (Å²) in [7, 11) is 0. The van der Waals surface area contributed by atoms with Gasteiger partial charge in [-0.2, -0.15) is 0 Å². The summed E-state index contributed by atoms with van der Waals surface area (Å²) in [6, 6.07) is 8.13. The van der Waals surface area contributed by atoms with Gasteiger partial charge in [0.25, 0.3) is 0 Å². The number of anilines is 1. The third kappa shape index (κ3) is 3.21. The van der Waals surface area contributed by atoms with Crippen LogP contribution in [0.15, 0.2) is 41.0 Å². The normalized spacial score (nSPS) is 12.2. The van der Waals surface area contributed by atoms with E-state index in [4.69, 9.17) is 11.6 Å². The van der Waals surface area contributed by atoms with E-state index in [9.17, 15) is 4.39 Å². The first-order valence-electron chi connectivity index (χ1n) is 5.39. The summed E-state index contributed by atoms with van der Waals surface area (Å²) in [4.78, 5) is 4.18. The van der Waals surface area contributed by atoms with Gasteiger partial charge in [-0.25, -0.2) is 9.37 Å². The molecule has 1 heterocycles. The second-order valence-corrected chi connectivity index (χ2v) is 5.23. The van der Waals surface area contributed by atoms with Crippen LogP contribution in [0.5, 0.6) is 0 Å². The van der Waals surface area contributed by atoms with E-state index >= 15 is 0 Å². The first-order chi connectivity index (χ1) is 8.56. The average molecular weight is 330 g/mol. The van der Waals surface area contributed by atoms with Crippen molar-refractivity contribution in [1.82, 2.24) is 4.98 Å². The summed E-state index contributed by atoms with van der Waals surface area (Å²) in [5, 5.41) is 3.67. The largest absolute Gasteiger partial charge is 0.362 e. The lowest BCUT2D eigenvalue weighted by Gasteiger charge is -2.16. The van der Waals surface area contributed by atoms with Crippen LogP contribution >= 0.6 is 27.5 Å². The summed E-state index contributed by atoms with van der Waals surface area (Å²) in [6.07, 6.45) is 1.66. The topological polar surface area (TPSA) is 24.9 Å². The van der Waals surface area contributed by atoms with Crippen molar-refractivity contribution in [3.05, 3.63) is 57.4 Å². The summed E-state index contributed by atoms with van der Waals surface area (Å²) >= 11 is 9.36. The zero-order valence-corrected chi connectivity index (χ0v) is 12.0. The number of hydrogen-bond acceptors (Lipinski definition) is 2. The van der Waals surface area contributed by atoms with Crippen molar-refractivity contribution < 1.29 is 4.39 Å². The summed E-state index contributed by atoms with van der Waals surface area (Å²) in [5.74, 6) is 0.327. The summed E-state index contributed by atoms with van der Waals surface area (Å²) in [6.45, 7) is 1.93. The van der Waals surface area contributed by atoms with Crippen LogP contribution in [0.4, 0.5) is 10.2 Å². The molecule has 0 radical (unpaired) electrons. The van der Waals surface area contributed by atoms with Crippen molar-refractivity contribution >= 4 is 33.3 Å². The Balaban J connectivity index is 2.18. The highest BCUT2D eigenvalue weighted by molar-refractivity contribution is 9.10. The molecule has 0 fully saturated rings. The van der Waals surface area contributed by atoms with Crippen LogP contribution in [0.25, 0.3) is 0 Å². The van der Waals surface area contributed by atoms with Crippen LogP contribution in [0, 0.1) is 5.82 Å². The molecule has 2 rings (SSSR count). The standard InChI is InChI=1S/C13H11BrClFN2/c1-8(9-3-2-4-11(16)5-9)18-13-12(15)6-10(14)7-17-13/h2-8H,1H3,(H,17,18). The molecule has 1 aromatic heterocycles. The van der Waals surface area contributed by atoms with Crippen LogP contribution in [-0.2, 0) is 0 Å². The zero-order chi connectivity index (χ0) is 13.1. The minimum atomic E-state index is -0.254. The molecular formula is C13H11BrClFN2. The van der Waals surface area contributed by atoms with Crippen molar-refractivity contribution in [3.8, 4) is 0 Å². The number of rotatable bonds is 3. The van der Waals surface area contributed by atoms with E-state index in [1.54, 1.807) is 18.3 Å². The fourth-order valence-electron chi connectivity index (χ4n) is 1.59. The molecule has 1 aromatic carbocycles. The SMILES string of the molecule is CC(Nc1ncc(Br)cc1Cl)c1cccc(F)c1. The van der Waals surface area contributed by atoms with Crippen molar-refractivity contribution in [2.24, 2.45) is 0 Å². The quantitative estimate of drug-likeness (QED) is 0.874. The predicted octanol–water partition coefficient (Wildman–Crippen LogP) is 4.81. The van der Waals surface area contributed by atoms with Gasteiger partial charge >= 0.3 is 0 Å². The number of pyridine rings is 1. The third-order valence-corrected chi connectivity index (χ3v) is 3.23. The molecule has 5 heteroatoms. The molecule has 1 unspecified atom stereocenters. The highest BCUT2D eigenvalue weighted by Crippen LogP contribution is 2.26. The highest BCUT2D eigenvalue weighted by atomic mass is 79.9. The fourth-order valence-corrected chi connectivity index (χ4v) is 2.27. The van der Waals surface area contributed by atoms with Gasteiger partial charge in [0.2, 0.25) is 0 Å². The molecule has 0 aliphatic rings. The number of nitrogens with zero attached hydrogens (tertiary/aromatic N) is 1. The van der Waals surface area contributed by atoms with Gasteiger partial charge in [-0.05, 0) is 46.6 Å². The molecule has 18 heavy (non-hydrogen) atoms. The summed E-state index contributed by atoms with van der Waals surface area (Å²) < 4.78 is 13.9. The minimum Gasteiger partial charge on any atom is -0.362 e. The van der Waals surface area contributed by atoms with Crippen LogP contribution in [0.1, 0.15) is 18.5 Å². The van der Waals surface area contributed by atoms with E-state index in [1.165, 1.54) is 12.1 Å². The van der Waals surface area contributed by atoms with E-state index in [1.807, 2.05) is 13.0 Å². The van der Waals surface area contributed by atoms with Gasteiger partial charge in [0, 0.05) is 10.7 Å². The molecule has 1 atom stereocenters. The zero-order valence-electron chi connectivity index (χ0n) is 9.62. The molecular weight excluding hydrogens is 319 g/mol. The lowest BCUT2D eigenvalue weighted by molar-refractivity contribution is 0.623. The average Bonchev–Trinajstić information content (AvgIpc) is 2.32. The number of aromatic nitrogens is 1. The van der Waals surface area contributed by atoms with Crippen molar-refractivity contribution in [3.63, 3.8) is 0 Å². The van der Waals surface area contributed by atoms with Gasteiger partial charge in [-0.1, -0.05) is 23.7 Å². The van der Waals surface area contributed by atoms with Gasteiger partial charge in [0.1, 0.15) is 11.6 Å². The Morgan fingerprint density at radius 1 is 1.39 bits per heavy atom. The summed E-state index contributed by atoms with van der Waals surface area (Å²) in [5.41, 5.74) is 0.843. The van der Waals surface area contributed by atoms with Crippen molar-refractivity contribution in [2.75, 3.05) is 5.32 Å². The van der Waals surface area contributed by atoms with E-state index in [-0.39, 0.29) is 11.9 Å². The Morgan fingerprint density at radius 2 is 2.17 bits per heavy atom. The predicted molar refractivity (Wildman–Crippen MR) is 75.4 cm³/mol. The first-order valence-corrected chi connectivity index (χ1v) is 6.56. The Kier molecular flexibility index (Phi) is 4.19. The molecule has 2 nitrogen and oxygen atoms in total. The molecule has 0 amide bonds. The van der Waals surface area contributed by atoms with Gasteiger partial charge in [-0.15, -0.1) is 0 Å². The van der Waals surface area contributed by atoms with E-state index < -0.39 is 0 Å². The van der Waals surface area contributed by atoms with Gasteiger partial charge in [0.15, 0.2) is 0 Å². The third-order valence-electron chi connectivity index (χ3n) is 2.51. The number of halogens is 3. The number of nitrogens with one attached hydrogen (secondary N) is 1. The molecule has 94 valence electrons. The van der Waals surface area contributed by atoms with Crippen LogP contribution in [-0.4, -0.2) is 4.98 Å². The second-order valence-electron chi connectivity index (χ2n) is 3.90.